The number of carbonyl (C=O) groups is 1. The number of nitro groups is 1. The molecule has 2 heterocycles. The van der Waals surface area contributed by atoms with Crippen molar-refractivity contribution in [1.82, 2.24) is 10.6 Å². The van der Waals surface area contributed by atoms with Crippen molar-refractivity contribution in [3.05, 3.63) is 62.3 Å². The van der Waals surface area contributed by atoms with Gasteiger partial charge in [0.25, 0.3) is 5.69 Å². The first-order chi connectivity index (χ1) is 13.0. The predicted molar refractivity (Wildman–Crippen MR) is 97.9 cm³/mol. The number of hydrogen-bond donors (Lipinski definition) is 3. The number of thiocarbonyl (C=S) groups is 1. The number of aliphatic hydroxyl groups is 1. The average Bonchev–Trinajstić information content (AvgIpc) is 3.14. The molecule has 148 valence electrons. The summed E-state index contributed by atoms with van der Waals surface area (Å²) in [6, 6.07) is 6.12. The molecule has 0 saturated carbocycles. The Morgan fingerprint density at radius 2 is 1.93 bits per heavy atom. The van der Waals surface area contributed by atoms with Crippen LogP contribution in [0.25, 0.3) is 0 Å². The van der Waals surface area contributed by atoms with Gasteiger partial charge in [-0.1, -0.05) is 18.2 Å². The largest absolute Gasteiger partial charge is 0.437 e. The molecule has 3 atom stereocenters. The quantitative estimate of drug-likeness (QED) is 0.296. The van der Waals surface area contributed by atoms with Crippen molar-refractivity contribution in [3.8, 4) is 0 Å². The number of rotatable bonds is 4. The average molecular weight is 431 g/mol. The second kappa shape index (κ2) is 7.11. The van der Waals surface area contributed by atoms with Crippen LogP contribution in [0.15, 0.2) is 41.8 Å². The number of non-ortho nitro benzene ring substituents is 1. The van der Waals surface area contributed by atoms with E-state index in [9.17, 15) is 33.2 Å². The lowest BCUT2D eigenvalue weighted by atomic mass is 9.78. The smallest absolute Gasteiger partial charge is 0.363 e. The minimum atomic E-state index is -5.23. The van der Waals surface area contributed by atoms with Gasteiger partial charge < -0.3 is 15.7 Å². The molecule has 28 heavy (non-hydrogen) atoms. The molecule has 0 spiro atoms. The molecular weight excluding hydrogens is 419 g/mol. The first-order valence-corrected chi connectivity index (χ1v) is 9.03. The lowest BCUT2D eigenvalue weighted by molar-refractivity contribution is -0.384. The van der Waals surface area contributed by atoms with Crippen LogP contribution in [0.1, 0.15) is 21.3 Å². The summed E-state index contributed by atoms with van der Waals surface area (Å²) < 4.78 is 41.3. The minimum Gasteiger partial charge on any atom is -0.363 e. The van der Waals surface area contributed by atoms with Crippen molar-refractivity contribution in [2.45, 2.75) is 17.9 Å². The highest BCUT2D eigenvalue weighted by Gasteiger charge is 2.65. The number of halogens is 3. The molecule has 0 bridgehead atoms. The molecule has 1 saturated heterocycles. The van der Waals surface area contributed by atoms with Crippen molar-refractivity contribution >= 4 is 40.1 Å². The summed E-state index contributed by atoms with van der Waals surface area (Å²) in [5.74, 6) is -2.97. The molecule has 1 aromatic heterocycles. The van der Waals surface area contributed by atoms with Gasteiger partial charge in [0.15, 0.2) is 10.9 Å². The van der Waals surface area contributed by atoms with Gasteiger partial charge in [-0.3, -0.25) is 14.9 Å². The molecule has 2 aromatic rings. The van der Waals surface area contributed by atoms with E-state index in [1.165, 1.54) is 29.6 Å². The Morgan fingerprint density at radius 3 is 2.43 bits per heavy atom. The summed E-state index contributed by atoms with van der Waals surface area (Å²) in [4.78, 5) is 23.1. The van der Waals surface area contributed by atoms with Crippen LogP contribution in [0.3, 0.4) is 0 Å². The standard InChI is InChI=1S/C16H12F3N3O4S2/c17-16(18,19)15(24)11(13(23)10-2-1-7-28-10)12(20-14(27)21-15)8-3-5-9(6-4-8)22(25)26/h1-7,11-12,24H,(H2,20,21,27)/t11-,12-,15-/m1/s1. The van der Waals surface area contributed by atoms with Gasteiger partial charge in [0.2, 0.25) is 5.72 Å². The number of hydrogen-bond acceptors (Lipinski definition) is 6. The summed E-state index contributed by atoms with van der Waals surface area (Å²) in [5.41, 5.74) is -3.76. The third-order valence-corrected chi connectivity index (χ3v) is 5.42. The zero-order chi connectivity index (χ0) is 20.7. The second-order valence-electron chi connectivity index (χ2n) is 6.01. The molecule has 1 fully saturated rings. The van der Waals surface area contributed by atoms with Gasteiger partial charge in [0, 0.05) is 12.1 Å². The maximum absolute atomic E-state index is 13.8. The Labute approximate surface area is 165 Å². The lowest BCUT2D eigenvalue weighted by Gasteiger charge is -2.46. The molecule has 12 heteroatoms. The molecule has 0 amide bonds. The molecular formula is C16H12F3N3O4S2. The monoisotopic (exact) mass is 431 g/mol. The number of Topliss-reactive ketones (excluding diaryl/α,β-unsaturated/α-hetero) is 1. The summed E-state index contributed by atoms with van der Waals surface area (Å²) in [6.45, 7) is 0. The topological polar surface area (TPSA) is 104 Å². The summed E-state index contributed by atoms with van der Waals surface area (Å²) in [6.07, 6.45) is -5.23. The number of nitrogens with one attached hydrogen (secondary N) is 2. The first kappa shape index (κ1) is 20.2. The van der Waals surface area contributed by atoms with E-state index in [2.05, 4.69) is 5.32 Å². The van der Waals surface area contributed by atoms with E-state index in [-0.39, 0.29) is 16.1 Å². The van der Waals surface area contributed by atoms with Gasteiger partial charge in [0.1, 0.15) is 5.92 Å². The van der Waals surface area contributed by atoms with Crippen LogP contribution in [-0.4, -0.2) is 32.8 Å². The fourth-order valence-corrected chi connectivity index (χ4v) is 3.98. The first-order valence-electron chi connectivity index (χ1n) is 7.74. The minimum absolute atomic E-state index is 0.0241. The highest BCUT2D eigenvalue weighted by atomic mass is 32.1. The third kappa shape index (κ3) is 3.45. The van der Waals surface area contributed by atoms with Gasteiger partial charge in [-0.25, -0.2) is 0 Å². The Kier molecular flexibility index (Phi) is 5.12. The van der Waals surface area contributed by atoms with Crippen molar-refractivity contribution in [3.63, 3.8) is 0 Å². The molecule has 7 nitrogen and oxygen atoms in total. The van der Waals surface area contributed by atoms with Crippen LogP contribution in [0, 0.1) is 16.0 Å². The van der Waals surface area contributed by atoms with E-state index >= 15 is 0 Å². The van der Waals surface area contributed by atoms with Crippen LogP contribution in [0.2, 0.25) is 0 Å². The Hall–Kier alpha value is -2.57. The number of nitro benzene ring substituents is 1. The van der Waals surface area contributed by atoms with Crippen LogP contribution in [0.5, 0.6) is 0 Å². The van der Waals surface area contributed by atoms with Crippen LogP contribution in [0.4, 0.5) is 18.9 Å². The highest BCUT2D eigenvalue weighted by molar-refractivity contribution is 7.80. The summed E-state index contributed by atoms with van der Waals surface area (Å²) in [5, 5.41) is 26.7. The molecule has 3 N–H and O–H groups in total. The fourth-order valence-electron chi connectivity index (χ4n) is 2.99. The summed E-state index contributed by atoms with van der Waals surface area (Å²) in [7, 11) is 0. The predicted octanol–water partition coefficient (Wildman–Crippen LogP) is 2.93. The van der Waals surface area contributed by atoms with E-state index in [1.54, 1.807) is 5.32 Å². The number of ketones is 1. The van der Waals surface area contributed by atoms with E-state index < -0.39 is 39.7 Å². The maximum Gasteiger partial charge on any atom is 0.437 e. The maximum atomic E-state index is 13.8. The number of alkyl halides is 3. The van der Waals surface area contributed by atoms with E-state index in [0.29, 0.717) is 0 Å². The molecule has 3 rings (SSSR count). The Bertz CT molecular complexity index is 918. The SMILES string of the molecule is O=C(c1cccs1)[C@H]1[C@@H](c2ccc([N+](=O)[O-])cc2)NC(=S)N[C@]1(O)C(F)(F)F. The summed E-state index contributed by atoms with van der Waals surface area (Å²) >= 11 is 5.74. The van der Waals surface area contributed by atoms with E-state index in [0.717, 1.165) is 23.5 Å². The normalized spacial score (nSPS) is 24.9. The third-order valence-electron chi connectivity index (χ3n) is 4.32. The van der Waals surface area contributed by atoms with Crippen LogP contribution in [-0.2, 0) is 0 Å². The number of carbonyl (C=O) groups excluding carboxylic acids is 1. The molecule has 0 aliphatic carbocycles. The van der Waals surface area contributed by atoms with Crippen LogP contribution >= 0.6 is 23.6 Å². The molecule has 1 aliphatic heterocycles. The van der Waals surface area contributed by atoms with Crippen molar-refractivity contribution < 1.29 is 28.0 Å². The molecule has 0 unspecified atom stereocenters. The number of thiophene rings is 1. The van der Waals surface area contributed by atoms with E-state index in [4.69, 9.17) is 12.2 Å². The van der Waals surface area contributed by atoms with Gasteiger partial charge >= 0.3 is 6.18 Å². The number of benzene rings is 1. The number of nitrogens with zero attached hydrogens (tertiary/aromatic N) is 1. The Balaban J connectivity index is 2.12. The second-order valence-corrected chi connectivity index (χ2v) is 7.36. The molecule has 0 radical (unpaired) electrons. The van der Waals surface area contributed by atoms with Gasteiger partial charge in [0.05, 0.1) is 15.8 Å². The van der Waals surface area contributed by atoms with E-state index in [1.807, 2.05) is 0 Å². The Morgan fingerprint density at radius 1 is 1.29 bits per heavy atom. The van der Waals surface area contributed by atoms with Crippen molar-refractivity contribution in [2.24, 2.45) is 5.92 Å². The lowest BCUT2D eigenvalue weighted by Crippen LogP contribution is -2.72. The van der Waals surface area contributed by atoms with Gasteiger partial charge in [-0.15, -0.1) is 11.3 Å². The molecule has 1 aromatic carbocycles. The van der Waals surface area contributed by atoms with Crippen molar-refractivity contribution in [2.75, 3.05) is 0 Å². The van der Waals surface area contributed by atoms with Crippen LogP contribution < -0.4 is 10.6 Å². The van der Waals surface area contributed by atoms with Crippen molar-refractivity contribution in [1.29, 1.82) is 0 Å². The van der Waals surface area contributed by atoms with Gasteiger partial charge in [-0.2, -0.15) is 13.2 Å². The van der Waals surface area contributed by atoms with Gasteiger partial charge in [-0.05, 0) is 29.2 Å². The fraction of sp³-hybridized carbons (Fsp3) is 0.250. The highest BCUT2D eigenvalue weighted by Crippen LogP contribution is 2.44. The molecule has 1 aliphatic rings. The zero-order valence-corrected chi connectivity index (χ0v) is 15.4. The zero-order valence-electron chi connectivity index (χ0n) is 13.8.